The van der Waals surface area contributed by atoms with E-state index in [9.17, 15) is 9.59 Å². The first-order chi connectivity index (χ1) is 9.66. The predicted molar refractivity (Wildman–Crippen MR) is 74.5 cm³/mol. The fraction of sp³-hybridized carbons (Fsp3) is 0.214. The monoisotopic (exact) mass is 270 g/mol. The minimum atomic E-state index is -0.331. The van der Waals surface area contributed by atoms with Crippen molar-refractivity contribution in [3.8, 4) is 0 Å². The van der Waals surface area contributed by atoms with E-state index in [0.29, 0.717) is 13.0 Å². The van der Waals surface area contributed by atoms with Gasteiger partial charge in [-0.25, -0.2) is 5.10 Å². The van der Waals surface area contributed by atoms with Crippen LogP contribution < -0.4 is 16.2 Å². The summed E-state index contributed by atoms with van der Waals surface area (Å²) >= 11 is 0. The fourth-order valence-corrected chi connectivity index (χ4v) is 2.40. The lowest BCUT2D eigenvalue weighted by atomic mass is 9.97. The first kappa shape index (κ1) is 12.6. The number of carbonyl (C=O) groups is 1. The molecule has 0 saturated heterocycles. The van der Waals surface area contributed by atoms with Gasteiger partial charge in [-0.1, -0.05) is 18.2 Å². The Labute approximate surface area is 115 Å². The third kappa shape index (κ3) is 2.10. The molecule has 2 heterocycles. The van der Waals surface area contributed by atoms with E-state index >= 15 is 0 Å². The molecule has 1 aromatic carbocycles. The SMILES string of the molecule is NC1CCN(C(=O)c2ccc(=O)[nH]n2)c2ccccc21. The molecule has 0 saturated carbocycles. The Balaban J connectivity index is 1.99. The number of benzene rings is 1. The van der Waals surface area contributed by atoms with Crippen LogP contribution in [0.3, 0.4) is 0 Å². The molecule has 0 spiro atoms. The third-order valence-corrected chi connectivity index (χ3v) is 3.43. The Morgan fingerprint density at radius 3 is 2.85 bits per heavy atom. The summed E-state index contributed by atoms with van der Waals surface area (Å²) in [6, 6.07) is 10.2. The quantitative estimate of drug-likeness (QED) is 0.802. The zero-order valence-electron chi connectivity index (χ0n) is 10.7. The number of carbonyl (C=O) groups excluding carboxylic acids is 1. The zero-order valence-corrected chi connectivity index (χ0v) is 10.7. The number of hydrogen-bond donors (Lipinski definition) is 2. The van der Waals surface area contributed by atoms with Gasteiger partial charge in [-0.15, -0.1) is 0 Å². The Bertz CT molecular complexity index is 690. The van der Waals surface area contributed by atoms with E-state index in [1.807, 2.05) is 24.3 Å². The van der Waals surface area contributed by atoms with Crippen molar-refractivity contribution in [1.82, 2.24) is 10.2 Å². The van der Waals surface area contributed by atoms with Crippen LogP contribution in [0.1, 0.15) is 28.5 Å². The van der Waals surface area contributed by atoms with E-state index in [1.165, 1.54) is 12.1 Å². The van der Waals surface area contributed by atoms with E-state index in [4.69, 9.17) is 5.73 Å². The highest BCUT2D eigenvalue weighted by Crippen LogP contribution is 2.32. The number of nitrogens with zero attached hydrogens (tertiary/aromatic N) is 2. The number of nitrogens with two attached hydrogens (primary N) is 1. The van der Waals surface area contributed by atoms with E-state index in [2.05, 4.69) is 10.2 Å². The van der Waals surface area contributed by atoms with Gasteiger partial charge in [0.15, 0.2) is 0 Å². The highest BCUT2D eigenvalue weighted by Gasteiger charge is 2.27. The molecule has 0 fully saturated rings. The second-order valence-corrected chi connectivity index (χ2v) is 4.72. The zero-order chi connectivity index (χ0) is 14.1. The first-order valence-electron chi connectivity index (χ1n) is 6.39. The Morgan fingerprint density at radius 1 is 1.30 bits per heavy atom. The van der Waals surface area contributed by atoms with Gasteiger partial charge in [-0.2, -0.15) is 5.10 Å². The normalized spacial score (nSPS) is 17.6. The highest BCUT2D eigenvalue weighted by atomic mass is 16.2. The van der Waals surface area contributed by atoms with Crippen molar-refractivity contribution in [3.63, 3.8) is 0 Å². The van der Waals surface area contributed by atoms with Crippen LogP contribution in [0.25, 0.3) is 0 Å². The van der Waals surface area contributed by atoms with Gasteiger partial charge in [0.2, 0.25) is 0 Å². The standard InChI is InChI=1S/C14H14N4O2/c15-10-7-8-18(12-4-2-1-3-9(10)12)14(20)11-5-6-13(19)17-16-11/h1-6,10H,7-8,15H2,(H,17,19). The predicted octanol–water partition coefficient (Wildman–Crippen LogP) is 0.820. The molecule has 0 radical (unpaired) electrons. The lowest BCUT2D eigenvalue weighted by Crippen LogP contribution is -2.39. The number of hydrogen-bond acceptors (Lipinski definition) is 4. The van der Waals surface area contributed by atoms with Crippen LogP contribution >= 0.6 is 0 Å². The van der Waals surface area contributed by atoms with Crippen LogP contribution in [0.5, 0.6) is 0 Å². The third-order valence-electron chi connectivity index (χ3n) is 3.43. The van der Waals surface area contributed by atoms with Crippen LogP contribution in [-0.2, 0) is 0 Å². The molecule has 1 unspecified atom stereocenters. The summed E-state index contributed by atoms with van der Waals surface area (Å²) in [5.41, 5.74) is 7.72. The maximum Gasteiger partial charge on any atom is 0.278 e. The average Bonchev–Trinajstić information content (AvgIpc) is 2.48. The molecule has 6 nitrogen and oxygen atoms in total. The topological polar surface area (TPSA) is 92.1 Å². The van der Waals surface area contributed by atoms with Gasteiger partial charge in [0, 0.05) is 24.3 Å². The van der Waals surface area contributed by atoms with E-state index in [1.54, 1.807) is 4.90 Å². The number of para-hydroxylation sites is 1. The van der Waals surface area contributed by atoms with Crippen LogP contribution in [0.2, 0.25) is 0 Å². The molecule has 1 atom stereocenters. The molecular weight excluding hydrogens is 256 g/mol. The van der Waals surface area contributed by atoms with Gasteiger partial charge in [0.25, 0.3) is 11.5 Å². The Morgan fingerprint density at radius 2 is 2.10 bits per heavy atom. The van der Waals surface area contributed by atoms with Crippen LogP contribution in [0.15, 0.2) is 41.2 Å². The van der Waals surface area contributed by atoms with Crippen molar-refractivity contribution >= 4 is 11.6 Å². The number of aromatic amines is 1. The number of fused-ring (bicyclic) bond motifs is 1. The summed E-state index contributed by atoms with van der Waals surface area (Å²) in [4.78, 5) is 25.1. The van der Waals surface area contributed by atoms with Gasteiger partial charge < -0.3 is 10.6 Å². The highest BCUT2D eigenvalue weighted by molar-refractivity contribution is 6.05. The van der Waals surface area contributed by atoms with Crippen molar-refractivity contribution in [2.24, 2.45) is 5.73 Å². The molecule has 2 aromatic rings. The molecule has 0 bridgehead atoms. The van der Waals surface area contributed by atoms with Gasteiger partial charge >= 0.3 is 0 Å². The second kappa shape index (κ2) is 4.90. The van der Waals surface area contributed by atoms with Crippen molar-refractivity contribution in [2.75, 3.05) is 11.4 Å². The van der Waals surface area contributed by atoms with Crippen molar-refractivity contribution in [3.05, 3.63) is 58.0 Å². The number of anilines is 1. The smallest absolute Gasteiger partial charge is 0.278 e. The molecule has 20 heavy (non-hydrogen) atoms. The molecule has 3 N–H and O–H groups in total. The largest absolute Gasteiger partial charge is 0.324 e. The van der Waals surface area contributed by atoms with Crippen LogP contribution in [0.4, 0.5) is 5.69 Å². The van der Waals surface area contributed by atoms with Gasteiger partial charge in [-0.3, -0.25) is 9.59 Å². The second-order valence-electron chi connectivity index (χ2n) is 4.72. The van der Waals surface area contributed by atoms with Gasteiger partial charge in [0.05, 0.1) is 0 Å². The number of amides is 1. The minimum absolute atomic E-state index is 0.0567. The van der Waals surface area contributed by atoms with Crippen molar-refractivity contribution < 1.29 is 4.79 Å². The summed E-state index contributed by atoms with van der Waals surface area (Å²) in [6.45, 7) is 0.540. The molecule has 3 rings (SSSR count). The maximum absolute atomic E-state index is 12.5. The molecule has 0 aliphatic carbocycles. The molecule has 1 aliphatic rings. The summed E-state index contributed by atoms with van der Waals surface area (Å²) in [7, 11) is 0. The Hall–Kier alpha value is -2.47. The first-order valence-corrected chi connectivity index (χ1v) is 6.39. The summed E-state index contributed by atoms with van der Waals surface area (Å²) in [5.74, 6) is -0.236. The summed E-state index contributed by atoms with van der Waals surface area (Å²) in [5, 5.41) is 6.06. The van der Waals surface area contributed by atoms with Crippen LogP contribution in [-0.4, -0.2) is 22.6 Å². The summed E-state index contributed by atoms with van der Waals surface area (Å²) < 4.78 is 0. The fourth-order valence-electron chi connectivity index (χ4n) is 2.40. The lowest BCUT2D eigenvalue weighted by molar-refractivity contribution is 0.0978. The van der Waals surface area contributed by atoms with E-state index in [0.717, 1.165) is 11.3 Å². The number of rotatable bonds is 1. The lowest BCUT2D eigenvalue weighted by Gasteiger charge is -2.32. The number of H-pyrrole nitrogens is 1. The molecule has 1 amide bonds. The van der Waals surface area contributed by atoms with Gasteiger partial charge in [0.1, 0.15) is 5.69 Å². The molecule has 102 valence electrons. The van der Waals surface area contributed by atoms with Crippen molar-refractivity contribution in [2.45, 2.75) is 12.5 Å². The van der Waals surface area contributed by atoms with E-state index < -0.39 is 0 Å². The van der Waals surface area contributed by atoms with Crippen LogP contribution in [0, 0.1) is 0 Å². The Kier molecular flexibility index (Phi) is 3.08. The van der Waals surface area contributed by atoms with Crippen molar-refractivity contribution in [1.29, 1.82) is 0 Å². The molecule has 1 aliphatic heterocycles. The maximum atomic E-state index is 12.5. The average molecular weight is 270 g/mol. The molecule has 6 heteroatoms. The number of aromatic nitrogens is 2. The summed E-state index contributed by atoms with van der Waals surface area (Å²) in [6.07, 6.45) is 0.701. The molecule has 1 aromatic heterocycles. The number of nitrogens with one attached hydrogen (secondary N) is 1. The minimum Gasteiger partial charge on any atom is -0.324 e. The van der Waals surface area contributed by atoms with E-state index in [-0.39, 0.29) is 23.2 Å². The van der Waals surface area contributed by atoms with Gasteiger partial charge in [-0.05, 0) is 24.1 Å². The molecular formula is C14H14N4O2.